The Morgan fingerprint density at radius 3 is 2.45 bits per heavy atom. The van der Waals surface area contributed by atoms with Gasteiger partial charge in [-0.1, -0.05) is 36.4 Å². The molecule has 2 aromatic heterocycles. The summed E-state index contributed by atoms with van der Waals surface area (Å²) < 4.78 is 32.0. The Balaban J connectivity index is 1.36. The van der Waals surface area contributed by atoms with Crippen molar-refractivity contribution < 1.29 is 12.8 Å². The Labute approximate surface area is 168 Å². The van der Waals surface area contributed by atoms with Crippen molar-refractivity contribution in [2.24, 2.45) is 0 Å². The van der Waals surface area contributed by atoms with E-state index < -0.39 is 9.84 Å². The molecule has 0 aliphatic heterocycles. The second kappa shape index (κ2) is 8.36. The monoisotopic (exact) mass is 409 g/mol. The highest BCUT2D eigenvalue weighted by Crippen LogP contribution is 2.19. The number of aryl methyl sites for hydroxylation is 1. The normalized spacial score (nSPS) is 11.6. The molecular formula is C20H19N5O3S. The highest BCUT2D eigenvalue weighted by molar-refractivity contribution is 7.90. The van der Waals surface area contributed by atoms with Crippen molar-refractivity contribution in [3.8, 4) is 17.1 Å². The lowest BCUT2D eigenvalue weighted by Crippen LogP contribution is -2.12. The number of para-hydroxylation sites is 1. The van der Waals surface area contributed by atoms with E-state index in [1.165, 1.54) is 6.26 Å². The van der Waals surface area contributed by atoms with Crippen LogP contribution in [0.25, 0.3) is 17.1 Å². The molecule has 8 nitrogen and oxygen atoms in total. The zero-order chi connectivity index (χ0) is 20.1. The Hall–Kier alpha value is -3.33. The fourth-order valence-electron chi connectivity index (χ4n) is 2.97. The van der Waals surface area contributed by atoms with E-state index in [1.54, 1.807) is 4.68 Å². The van der Waals surface area contributed by atoms with E-state index in [1.807, 2.05) is 60.7 Å². The lowest BCUT2D eigenvalue weighted by Gasteiger charge is -2.05. The molecule has 2 aromatic carbocycles. The molecule has 0 atom stereocenters. The average molecular weight is 409 g/mol. The molecule has 4 rings (SSSR count). The van der Waals surface area contributed by atoms with E-state index >= 15 is 0 Å². The number of oxazole rings is 1. The Morgan fingerprint density at radius 2 is 1.69 bits per heavy atom. The maximum atomic E-state index is 12.5. The minimum absolute atomic E-state index is 0.0161. The van der Waals surface area contributed by atoms with Gasteiger partial charge in [-0.25, -0.2) is 13.4 Å². The fourth-order valence-corrected chi connectivity index (χ4v) is 4.28. The summed E-state index contributed by atoms with van der Waals surface area (Å²) in [4.78, 5) is 4.30. The van der Waals surface area contributed by atoms with Gasteiger partial charge in [0.15, 0.2) is 15.7 Å². The van der Waals surface area contributed by atoms with Crippen molar-refractivity contribution in [2.75, 3.05) is 5.75 Å². The van der Waals surface area contributed by atoms with Gasteiger partial charge in [0.25, 0.3) is 0 Å². The first-order valence-corrected chi connectivity index (χ1v) is 11.0. The van der Waals surface area contributed by atoms with Crippen molar-refractivity contribution in [2.45, 2.75) is 18.6 Å². The van der Waals surface area contributed by atoms with Crippen LogP contribution in [0.1, 0.15) is 17.9 Å². The highest BCUT2D eigenvalue weighted by atomic mass is 32.2. The van der Waals surface area contributed by atoms with Gasteiger partial charge in [-0.2, -0.15) is 4.68 Å². The van der Waals surface area contributed by atoms with E-state index in [-0.39, 0.29) is 11.5 Å². The molecule has 0 aliphatic rings. The minimum atomic E-state index is -3.33. The van der Waals surface area contributed by atoms with E-state index in [0.29, 0.717) is 30.3 Å². The summed E-state index contributed by atoms with van der Waals surface area (Å²) in [6.45, 7) is 0. The third-order valence-electron chi connectivity index (χ3n) is 4.33. The number of hydrogen-bond acceptors (Lipinski definition) is 7. The zero-order valence-electron chi connectivity index (χ0n) is 15.5. The summed E-state index contributed by atoms with van der Waals surface area (Å²) >= 11 is 0. The lowest BCUT2D eigenvalue weighted by atomic mass is 10.2. The molecule has 0 saturated carbocycles. The standard InChI is InChI=1S/C20H19N5O3S/c26-29(27,15-17-14-28-20(21-17)16-8-3-1-4-9-16)13-7-12-19-22-23-24-25(19)18-10-5-2-6-11-18/h1-6,8-11,14H,7,12-13,15H2. The summed E-state index contributed by atoms with van der Waals surface area (Å²) in [6.07, 6.45) is 2.27. The maximum Gasteiger partial charge on any atom is 0.226 e. The van der Waals surface area contributed by atoms with Gasteiger partial charge in [-0.15, -0.1) is 5.10 Å². The summed E-state index contributed by atoms with van der Waals surface area (Å²) in [5.41, 5.74) is 2.05. The van der Waals surface area contributed by atoms with Crippen LogP contribution in [0, 0.1) is 0 Å². The molecule has 9 heteroatoms. The summed E-state index contributed by atoms with van der Waals surface area (Å²) in [5, 5.41) is 11.7. The third kappa shape index (κ3) is 4.75. The van der Waals surface area contributed by atoms with Crippen LogP contribution >= 0.6 is 0 Å². The van der Waals surface area contributed by atoms with E-state index in [0.717, 1.165) is 11.3 Å². The molecule has 0 bridgehead atoms. The summed E-state index contributed by atoms with van der Waals surface area (Å²) in [6, 6.07) is 18.9. The van der Waals surface area contributed by atoms with Crippen LogP contribution in [0.15, 0.2) is 71.3 Å². The molecule has 0 N–H and O–H groups in total. The largest absolute Gasteiger partial charge is 0.444 e. The second-order valence-corrected chi connectivity index (χ2v) is 8.73. The molecular weight excluding hydrogens is 390 g/mol. The minimum Gasteiger partial charge on any atom is -0.444 e. The summed E-state index contributed by atoms with van der Waals surface area (Å²) in [5.74, 6) is 0.895. The van der Waals surface area contributed by atoms with Crippen LogP contribution < -0.4 is 0 Å². The van der Waals surface area contributed by atoms with Crippen LogP contribution in [-0.2, 0) is 22.0 Å². The molecule has 0 amide bonds. The van der Waals surface area contributed by atoms with Crippen molar-refractivity contribution in [3.05, 3.63) is 78.4 Å². The van der Waals surface area contributed by atoms with Gasteiger partial charge in [0.2, 0.25) is 5.89 Å². The molecule has 4 aromatic rings. The van der Waals surface area contributed by atoms with Crippen molar-refractivity contribution in [1.29, 1.82) is 0 Å². The number of aromatic nitrogens is 5. The molecule has 29 heavy (non-hydrogen) atoms. The predicted octanol–water partition coefficient (Wildman–Crippen LogP) is 2.86. The maximum absolute atomic E-state index is 12.5. The topological polar surface area (TPSA) is 104 Å². The van der Waals surface area contributed by atoms with Crippen LogP contribution in [0.3, 0.4) is 0 Å². The molecule has 0 unspecified atom stereocenters. The molecule has 0 spiro atoms. The zero-order valence-corrected chi connectivity index (χ0v) is 16.4. The molecule has 2 heterocycles. The van der Waals surface area contributed by atoms with Crippen molar-refractivity contribution in [3.63, 3.8) is 0 Å². The molecule has 0 saturated heterocycles. The first-order valence-electron chi connectivity index (χ1n) is 9.14. The smallest absolute Gasteiger partial charge is 0.226 e. The van der Waals surface area contributed by atoms with E-state index in [4.69, 9.17) is 4.42 Å². The number of tetrazole rings is 1. The molecule has 148 valence electrons. The van der Waals surface area contributed by atoms with Crippen LogP contribution in [0.4, 0.5) is 0 Å². The number of rotatable bonds is 8. The van der Waals surface area contributed by atoms with Gasteiger partial charge in [-0.3, -0.25) is 0 Å². The first-order chi connectivity index (χ1) is 14.1. The van der Waals surface area contributed by atoms with Crippen molar-refractivity contribution >= 4 is 9.84 Å². The fraction of sp³-hybridized carbons (Fsp3) is 0.200. The number of benzene rings is 2. The molecule has 0 aliphatic carbocycles. The Kier molecular flexibility index (Phi) is 5.48. The SMILES string of the molecule is O=S(=O)(CCCc1nnnn1-c1ccccc1)Cc1coc(-c2ccccc2)n1. The molecule has 0 fully saturated rings. The first kappa shape index (κ1) is 19.0. The Bertz CT molecular complexity index is 1170. The number of sulfone groups is 1. The quantitative estimate of drug-likeness (QED) is 0.441. The number of hydrogen-bond donors (Lipinski definition) is 0. The van der Waals surface area contributed by atoms with Gasteiger partial charge in [0.1, 0.15) is 6.26 Å². The van der Waals surface area contributed by atoms with Gasteiger partial charge in [0.05, 0.1) is 22.9 Å². The average Bonchev–Trinajstić information content (AvgIpc) is 3.38. The molecule has 0 radical (unpaired) electrons. The number of nitrogens with zero attached hydrogens (tertiary/aromatic N) is 5. The van der Waals surface area contributed by atoms with Gasteiger partial charge in [0, 0.05) is 12.0 Å². The second-order valence-electron chi connectivity index (χ2n) is 6.55. The van der Waals surface area contributed by atoms with Gasteiger partial charge < -0.3 is 4.42 Å². The Morgan fingerprint density at radius 1 is 0.966 bits per heavy atom. The van der Waals surface area contributed by atoms with Crippen molar-refractivity contribution in [1.82, 2.24) is 25.2 Å². The van der Waals surface area contributed by atoms with Crippen LogP contribution in [0.5, 0.6) is 0 Å². The summed E-state index contributed by atoms with van der Waals surface area (Å²) in [7, 11) is -3.33. The third-order valence-corrected chi connectivity index (χ3v) is 5.98. The predicted molar refractivity (Wildman–Crippen MR) is 107 cm³/mol. The van der Waals surface area contributed by atoms with Crippen LogP contribution in [-0.4, -0.2) is 39.4 Å². The lowest BCUT2D eigenvalue weighted by molar-refractivity contribution is 0.571. The van der Waals surface area contributed by atoms with Gasteiger partial charge >= 0.3 is 0 Å². The van der Waals surface area contributed by atoms with E-state index in [9.17, 15) is 8.42 Å². The highest BCUT2D eigenvalue weighted by Gasteiger charge is 2.17. The van der Waals surface area contributed by atoms with Gasteiger partial charge in [-0.05, 0) is 41.1 Å². The van der Waals surface area contributed by atoms with E-state index in [2.05, 4.69) is 20.5 Å². The van der Waals surface area contributed by atoms with Crippen LogP contribution in [0.2, 0.25) is 0 Å².